The number of nitrogens with zero attached hydrogens (tertiary/aromatic N) is 1. The normalized spacial score (nSPS) is 22.1. The lowest BCUT2D eigenvalue weighted by atomic mass is 9.82. The van der Waals surface area contributed by atoms with Gasteiger partial charge in [-0.2, -0.15) is 0 Å². The molecule has 0 N–H and O–H groups in total. The summed E-state index contributed by atoms with van der Waals surface area (Å²) in [5.74, 6) is -0.228. The third-order valence-corrected chi connectivity index (χ3v) is 5.21. The van der Waals surface area contributed by atoms with Gasteiger partial charge in [-0.1, -0.05) is 46.3 Å². The lowest BCUT2D eigenvalue weighted by Gasteiger charge is -2.32. The minimum absolute atomic E-state index is 0.0248. The number of ether oxygens (including phenoxy) is 1. The van der Waals surface area contributed by atoms with Crippen LogP contribution in [0.15, 0.2) is 30.3 Å². The number of carbonyl (C=O) groups is 2. The van der Waals surface area contributed by atoms with Gasteiger partial charge in [0.1, 0.15) is 5.60 Å². The highest BCUT2D eigenvalue weighted by atomic mass is 79.9. The van der Waals surface area contributed by atoms with Gasteiger partial charge in [-0.3, -0.25) is 9.59 Å². The summed E-state index contributed by atoms with van der Waals surface area (Å²) in [6.45, 7) is 8.03. The van der Waals surface area contributed by atoms with Crippen molar-refractivity contribution in [3.8, 4) is 0 Å². The summed E-state index contributed by atoms with van der Waals surface area (Å²) in [7, 11) is 0. The van der Waals surface area contributed by atoms with E-state index in [1.807, 2.05) is 62.9 Å². The molecule has 4 nitrogen and oxygen atoms in total. The maximum atomic E-state index is 12.9. The van der Waals surface area contributed by atoms with Gasteiger partial charge < -0.3 is 9.64 Å². The van der Waals surface area contributed by atoms with Crippen molar-refractivity contribution >= 4 is 27.8 Å². The number of esters is 1. The standard InChI is InChI=1S/C20H28BrNO3/c1-15(16-9-6-5-7-10-16)22-14-20(11-8-12-21,13-17(22)23)18(24)25-19(2,3)4/h5-7,9-10,15H,8,11-14H2,1-4H3/t15-,20+/m1/s1. The van der Waals surface area contributed by atoms with E-state index in [-0.39, 0.29) is 24.3 Å². The summed E-state index contributed by atoms with van der Waals surface area (Å²) in [4.78, 5) is 27.5. The average molecular weight is 410 g/mol. The molecule has 0 spiro atoms. The zero-order valence-electron chi connectivity index (χ0n) is 15.5. The molecule has 1 heterocycles. The fraction of sp³-hybridized carbons (Fsp3) is 0.600. The Labute approximate surface area is 159 Å². The van der Waals surface area contributed by atoms with E-state index in [1.165, 1.54) is 0 Å². The molecule has 2 rings (SSSR count). The molecule has 0 unspecified atom stereocenters. The van der Waals surface area contributed by atoms with Crippen molar-refractivity contribution in [3.05, 3.63) is 35.9 Å². The number of likely N-dealkylation sites (tertiary alicyclic amines) is 1. The fourth-order valence-electron chi connectivity index (χ4n) is 3.32. The summed E-state index contributed by atoms with van der Waals surface area (Å²) in [5, 5.41) is 0.806. The molecule has 1 aromatic rings. The van der Waals surface area contributed by atoms with E-state index in [0.717, 1.165) is 17.3 Å². The largest absolute Gasteiger partial charge is 0.459 e. The minimum atomic E-state index is -0.749. The molecule has 0 radical (unpaired) electrons. The predicted octanol–water partition coefficient (Wildman–Crippen LogP) is 4.48. The molecular weight excluding hydrogens is 382 g/mol. The van der Waals surface area contributed by atoms with Gasteiger partial charge in [0.25, 0.3) is 0 Å². The number of alkyl halides is 1. The second-order valence-electron chi connectivity index (χ2n) is 7.86. The molecule has 25 heavy (non-hydrogen) atoms. The third-order valence-electron chi connectivity index (χ3n) is 4.65. The van der Waals surface area contributed by atoms with Crippen molar-refractivity contribution in [3.63, 3.8) is 0 Å². The lowest BCUT2D eigenvalue weighted by Crippen LogP contribution is -2.40. The average Bonchev–Trinajstić information content (AvgIpc) is 2.89. The van der Waals surface area contributed by atoms with Gasteiger partial charge in [-0.25, -0.2) is 0 Å². The maximum Gasteiger partial charge on any atom is 0.314 e. The smallest absolute Gasteiger partial charge is 0.314 e. The first-order valence-corrected chi connectivity index (χ1v) is 9.94. The van der Waals surface area contributed by atoms with Crippen molar-refractivity contribution in [2.24, 2.45) is 5.41 Å². The molecule has 0 aromatic heterocycles. The molecule has 2 atom stereocenters. The highest BCUT2D eigenvalue weighted by Crippen LogP contribution is 2.41. The summed E-state index contributed by atoms with van der Waals surface area (Å²) in [6.07, 6.45) is 1.71. The van der Waals surface area contributed by atoms with E-state index < -0.39 is 11.0 Å². The third kappa shape index (κ3) is 4.84. The Morgan fingerprint density at radius 3 is 2.52 bits per heavy atom. The van der Waals surface area contributed by atoms with Crippen LogP contribution in [0.4, 0.5) is 0 Å². The van der Waals surface area contributed by atoms with Gasteiger partial charge >= 0.3 is 5.97 Å². The summed E-state index contributed by atoms with van der Waals surface area (Å²) < 4.78 is 5.67. The highest BCUT2D eigenvalue weighted by Gasteiger charge is 2.51. The van der Waals surface area contributed by atoms with E-state index in [2.05, 4.69) is 15.9 Å². The molecule has 1 fully saturated rings. The van der Waals surface area contributed by atoms with E-state index in [4.69, 9.17) is 4.74 Å². The molecule has 1 amide bonds. The Bertz CT molecular complexity index is 611. The zero-order valence-corrected chi connectivity index (χ0v) is 17.1. The zero-order chi connectivity index (χ0) is 18.7. The SMILES string of the molecule is C[C@H](c1ccccc1)N1C[C@@](CCCBr)(C(=O)OC(C)(C)C)CC1=O. The Kier molecular flexibility index (Phi) is 6.30. The van der Waals surface area contributed by atoms with Crippen molar-refractivity contribution in [1.82, 2.24) is 4.90 Å². The van der Waals surface area contributed by atoms with E-state index >= 15 is 0 Å². The van der Waals surface area contributed by atoms with Crippen LogP contribution in [0.2, 0.25) is 0 Å². The number of carbonyl (C=O) groups excluding carboxylic acids is 2. The predicted molar refractivity (Wildman–Crippen MR) is 102 cm³/mol. The topological polar surface area (TPSA) is 46.6 Å². The highest BCUT2D eigenvalue weighted by molar-refractivity contribution is 9.09. The molecule has 1 aliphatic rings. The van der Waals surface area contributed by atoms with Crippen LogP contribution in [0, 0.1) is 5.41 Å². The van der Waals surface area contributed by atoms with Gasteiger partial charge in [-0.05, 0) is 46.1 Å². The number of benzene rings is 1. The van der Waals surface area contributed by atoms with Crippen LogP contribution in [-0.4, -0.2) is 34.3 Å². The lowest BCUT2D eigenvalue weighted by molar-refractivity contribution is -0.167. The van der Waals surface area contributed by atoms with Crippen LogP contribution in [0.5, 0.6) is 0 Å². The number of halogens is 1. The monoisotopic (exact) mass is 409 g/mol. The van der Waals surface area contributed by atoms with Crippen molar-refractivity contribution in [1.29, 1.82) is 0 Å². The second-order valence-corrected chi connectivity index (χ2v) is 8.65. The summed E-state index contributed by atoms with van der Waals surface area (Å²) in [6, 6.07) is 9.88. The molecule has 138 valence electrons. The first-order chi connectivity index (χ1) is 11.7. The second kappa shape index (κ2) is 7.90. The molecule has 0 aliphatic carbocycles. The van der Waals surface area contributed by atoms with E-state index in [1.54, 1.807) is 0 Å². The first-order valence-electron chi connectivity index (χ1n) is 8.82. The Balaban J connectivity index is 2.24. The number of amides is 1. The van der Waals surface area contributed by atoms with E-state index in [0.29, 0.717) is 13.0 Å². The van der Waals surface area contributed by atoms with Crippen molar-refractivity contribution in [2.75, 3.05) is 11.9 Å². The van der Waals surface area contributed by atoms with Gasteiger partial charge in [0.15, 0.2) is 0 Å². The number of hydrogen-bond acceptors (Lipinski definition) is 3. The van der Waals surface area contributed by atoms with Gasteiger partial charge in [-0.15, -0.1) is 0 Å². The van der Waals surface area contributed by atoms with E-state index in [9.17, 15) is 9.59 Å². The first kappa shape index (κ1) is 20.0. The molecule has 0 saturated carbocycles. The molecule has 1 saturated heterocycles. The van der Waals surface area contributed by atoms with Gasteiger partial charge in [0, 0.05) is 18.3 Å². The Hall–Kier alpha value is -1.36. The summed E-state index contributed by atoms with van der Waals surface area (Å²) >= 11 is 3.44. The summed E-state index contributed by atoms with van der Waals surface area (Å²) in [5.41, 5.74) is -0.224. The molecule has 1 aromatic carbocycles. The van der Waals surface area contributed by atoms with Crippen LogP contribution >= 0.6 is 15.9 Å². The molecular formula is C20H28BrNO3. The van der Waals surface area contributed by atoms with Gasteiger partial charge in [0.2, 0.25) is 5.91 Å². The van der Waals surface area contributed by atoms with Crippen molar-refractivity contribution in [2.45, 2.75) is 58.6 Å². The Morgan fingerprint density at radius 1 is 1.32 bits per heavy atom. The van der Waals surface area contributed by atoms with Crippen LogP contribution in [0.25, 0.3) is 0 Å². The quantitative estimate of drug-likeness (QED) is 0.513. The van der Waals surface area contributed by atoms with Crippen molar-refractivity contribution < 1.29 is 14.3 Å². The van der Waals surface area contributed by atoms with Crippen LogP contribution in [-0.2, 0) is 14.3 Å². The maximum absolute atomic E-state index is 12.9. The minimum Gasteiger partial charge on any atom is -0.459 e. The molecule has 1 aliphatic heterocycles. The Morgan fingerprint density at radius 2 is 1.96 bits per heavy atom. The number of hydrogen-bond donors (Lipinski definition) is 0. The van der Waals surface area contributed by atoms with Gasteiger partial charge in [0.05, 0.1) is 11.5 Å². The molecule has 0 bridgehead atoms. The molecule has 5 heteroatoms. The number of rotatable bonds is 6. The van der Waals surface area contributed by atoms with Crippen LogP contribution in [0.1, 0.15) is 58.6 Å². The van der Waals surface area contributed by atoms with Crippen LogP contribution < -0.4 is 0 Å². The fourth-order valence-corrected chi connectivity index (χ4v) is 3.60. The van der Waals surface area contributed by atoms with Crippen LogP contribution in [0.3, 0.4) is 0 Å².